The lowest BCUT2D eigenvalue weighted by Gasteiger charge is -2.27. The van der Waals surface area contributed by atoms with Crippen LogP contribution < -0.4 is 0 Å². The van der Waals surface area contributed by atoms with Crippen molar-refractivity contribution >= 4 is 17.9 Å². The van der Waals surface area contributed by atoms with Crippen molar-refractivity contribution in [2.75, 3.05) is 6.61 Å². The predicted octanol–water partition coefficient (Wildman–Crippen LogP) is 4.05. The molecule has 0 aliphatic rings. The summed E-state index contributed by atoms with van der Waals surface area (Å²) in [5.41, 5.74) is -4.42. The van der Waals surface area contributed by atoms with E-state index in [2.05, 4.69) is 4.74 Å². The lowest BCUT2D eigenvalue weighted by Crippen LogP contribution is -2.36. The Labute approximate surface area is 167 Å². The quantitative estimate of drug-likeness (QED) is 0.311. The molecule has 0 atom stereocenters. The van der Waals surface area contributed by atoms with Crippen molar-refractivity contribution in [1.82, 2.24) is 0 Å². The molecular weight excluding hydrogens is 393 g/mol. The van der Waals surface area contributed by atoms with Gasteiger partial charge in [0.05, 0.1) is 12.2 Å². The smallest absolute Gasteiger partial charge is 0.341 e. The summed E-state index contributed by atoms with van der Waals surface area (Å²) in [7, 11) is 0. The molecule has 0 aromatic heterocycles. The number of carbonyl (C=O) groups excluding carboxylic acids is 3. The third-order valence-electron chi connectivity index (χ3n) is 3.26. The third-order valence-corrected chi connectivity index (χ3v) is 3.26. The molecule has 0 aliphatic carbocycles. The van der Waals surface area contributed by atoms with Crippen molar-refractivity contribution in [2.45, 2.75) is 65.6 Å². The Hall–Kier alpha value is -2.58. The van der Waals surface area contributed by atoms with E-state index in [0.717, 1.165) is 0 Å². The lowest BCUT2D eigenvalue weighted by atomic mass is 9.95. The van der Waals surface area contributed by atoms with Crippen LogP contribution in [0.1, 0.15) is 70.3 Å². The van der Waals surface area contributed by atoms with Gasteiger partial charge in [0, 0.05) is 0 Å². The molecule has 1 rings (SSSR count). The van der Waals surface area contributed by atoms with Gasteiger partial charge in [-0.1, -0.05) is 0 Å². The number of rotatable bonds is 5. The predicted molar refractivity (Wildman–Crippen MR) is 96.7 cm³/mol. The SMILES string of the molecule is CCOC(=O)c1cc(F)c(C(C(=O)OC(C)(C)C)C(=O)OC(C)(C)C)c(F)c1F. The topological polar surface area (TPSA) is 78.9 Å². The molecule has 0 saturated heterocycles. The average Bonchev–Trinajstić information content (AvgIpc) is 2.51. The van der Waals surface area contributed by atoms with Crippen LogP contribution >= 0.6 is 0 Å². The fraction of sp³-hybridized carbons (Fsp3) is 0.550. The van der Waals surface area contributed by atoms with Crippen LogP contribution in [0, 0.1) is 17.5 Å². The fourth-order valence-corrected chi connectivity index (χ4v) is 2.28. The van der Waals surface area contributed by atoms with Crippen LogP contribution in [0.2, 0.25) is 0 Å². The summed E-state index contributed by atoms with van der Waals surface area (Å²) >= 11 is 0. The first kappa shape index (κ1) is 24.5. The van der Waals surface area contributed by atoms with Crippen molar-refractivity contribution in [3.63, 3.8) is 0 Å². The van der Waals surface area contributed by atoms with Gasteiger partial charge in [-0.15, -0.1) is 0 Å². The molecule has 0 heterocycles. The number of hydrogen-bond acceptors (Lipinski definition) is 6. The summed E-state index contributed by atoms with van der Waals surface area (Å²) in [6.45, 7) is 10.2. The van der Waals surface area contributed by atoms with Crippen LogP contribution in [0.15, 0.2) is 6.07 Å². The van der Waals surface area contributed by atoms with Gasteiger partial charge in [0.2, 0.25) is 0 Å². The fourth-order valence-electron chi connectivity index (χ4n) is 2.28. The zero-order chi connectivity index (χ0) is 22.7. The van der Waals surface area contributed by atoms with E-state index in [0.29, 0.717) is 6.07 Å². The number of hydrogen-bond donors (Lipinski definition) is 0. The van der Waals surface area contributed by atoms with E-state index in [1.165, 1.54) is 48.5 Å². The van der Waals surface area contributed by atoms with Crippen LogP contribution in [-0.2, 0) is 23.8 Å². The maximum atomic E-state index is 14.7. The van der Waals surface area contributed by atoms with Crippen molar-refractivity contribution in [2.24, 2.45) is 0 Å². The molecule has 0 spiro atoms. The second kappa shape index (κ2) is 8.84. The summed E-state index contributed by atoms with van der Waals surface area (Å²) in [6.07, 6.45) is 0. The van der Waals surface area contributed by atoms with Crippen LogP contribution in [0.5, 0.6) is 0 Å². The minimum Gasteiger partial charge on any atom is -0.462 e. The van der Waals surface area contributed by atoms with Gasteiger partial charge in [-0.3, -0.25) is 9.59 Å². The molecule has 162 valence electrons. The van der Waals surface area contributed by atoms with Gasteiger partial charge in [0.15, 0.2) is 17.6 Å². The van der Waals surface area contributed by atoms with E-state index >= 15 is 0 Å². The molecule has 0 aliphatic heterocycles. The van der Waals surface area contributed by atoms with Crippen LogP contribution in [0.3, 0.4) is 0 Å². The maximum Gasteiger partial charge on any atom is 0.341 e. The van der Waals surface area contributed by atoms with Gasteiger partial charge in [-0.25, -0.2) is 18.0 Å². The minimum atomic E-state index is -2.24. The van der Waals surface area contributed by atoms with Gasteiger partial charge in [0.1, 0.15) is 22.6 Å². The number of esters is 3. The second-order valence-electron chi connectivity index (χ2n) is 8.17. The first-order valence-corrected chi connectivity index (χ1v) is 8.89. The zero-order valence-corrected chi connectivity index (χ0v) is 17.4. The standard InChI is InChI=1S/C20H25F3O6/c1-8-27-16(24)10-9-11(21)12(15(23)14(10)22)13(17(25)28-19(2,3)4)18(26)29-20(5,6)7/h9,13H,8H2,1-7H3. The largest absolute Gasteiger partial charge is 0.462 e. The summed E-state index contributed by atoms with van der Waals surface area (Å²) in [5, 5.41) is 0. The highest BCUT2D eigenvalue weighted by Crippen LogP contribution is 2.31. The highest BCUT2D eigenvalue weighted by atomic mass is 19.2. The van der Waals surface area contributed by atoms with E-state index in [-0.39, 0.29) is 6.61 Å². The average molecular weight is 418 g/mol. The Morgan fingerprint density at radius 1 is 0.897 bits per heavy atom. The molecule has 0 radical (unpaired) electrons. The first-order valence-electron chi connectivity index (χ1n) is 8.89. The van der Waals surface area contributed by atoms with Gasteiger partial charge in [0.25, 0.3) is 0 Å². The van der Waals surface area contributed by atoms with Crippen LogP contribution in [-0.4, -0.2) is 35.7 Å². The lowest BCUT2D eigenvalue weighted by molar-refractivity contribution is -0.169. The zero-order valence-electron chi connectivity index (χ0n) is 17.4. The number of carbonyl (C=O) groups is 3. The van der Waals surface area contributed by atoms with Crippen molar-refractivity contribution in [3.8, 4) is 0 Å². The van der Waals surface area contributed by atoms with E-state index in [4.69, 9.17) is 9.47 Å². The van der Waals surface area contributed by atoms with Crippen molar-refractivity contribution in [3.05, 3.63) is 34.6 Å². The van der Waals surface area contributed by atoms with E-state index in [1.807, 2.05) is 0 Å². The molecule has 6 nitrogen and oxygen atoms in total. The molecular formula is C20H25F3O6. The summed E-state index contributed by atoms with van der Waals surface area (Å²) in [6, 6.07) is 0.369. The molecule has 1 aromatic rings. The number of halogens is 3. The summed E-state index contributed by atoms with van der Waals surface area (Å²) < 4.78 is 58.5. The van der Waals surface area contributed by atoms with Crippen LogP contribution in [0.4, 0.5) is 13.2 Å². The minimum absolute atomic E-state index is 0.151. The highest BCUT2D eigenvalue weighted by molar-refractivity contribution is 6.01. The van der Waals surface area contributed by atoms with E-state index in [9.17, 15) is 27.6 Å². The van der Waals surface area contributed by atoms with Gasteiger partial charge < -0.3 is 14.2 Å². The Bertz CT molecular complexity index is 778. The molecule has 0 amide bonds. The van der Waals surface area contributed by atoms with Crippen molar-refractivity contribution in [1.29, 1.82) is 0 Å². The second-order valence-corrected chi connectivity index (χ2v) is 8.17. The summed E-state index contributed by atoms with van der Waals surface area (Å²) in [5.74, 6) is -11.3. The molecule has 0 unspecified atom stereocenters. The van der Waals surface area contributed by atoms with E-state index in [1.54, 1.807) is 0 Å². The molecule has 0 fully saturated rings. The molecule has 1 aromatic carbocycles. The maximum absolute atomic E-state index is 14.7. The number of ether oxygens (including phenoxy) is 3. The van der Waals surface area contributed by atoms with Gasteiger partial charge in [-0.2, -0.15) is 0 Å². The van der Waals surface area contributed by atoms with Crippen molar-refractivity contribution < 1.29 is 41.8 Å². The molecule has 9 heteroatoms. The Kier molecular flexibility index (Phi) is 7.45. The molecule has 0 saturated carbocycles. The van der Waals surface area contributed by atoms with E-state index < -0.39 is 63.6 Å². The highest BCUT2D eigenvalue weighted by Gasteiger charge is 2.41. The Balaban J connectivity index is 3.60. The number of benzene rings is 1. The van der Waals surface area contributed by atoms with Crippen LogP contribution in [0.25, 0.3) is 0 Å². The first-order chi connectivity index (χ1) is 13.1. The molecule has 0 bridgehead atoms. The van der Waals surface area contributed by atoms with Gasteiger partial charge in [-0.05, 0) is 54.5 Å². The molecule has 29 heavy (non-hydrogen) atoms. The molecule has 0 N–H and O–H groups in total. The Morgan fingerprint density at radius 3 is 1.72 bits per heavy atom. The summed E-state index contributed by atoms with van der Waals surface area (Å²) in [4.78, 5) is 36.8. The monoisotopic (exact) mass is 418 g/mol. The normalized spacial score (nSPS) is 12.0. The van der Waals surface area contributed by atoms with Gasteiger partial charge >= 0.3 is 17.9 Å². The third kappa shape index (κ3) is 6.47. The Morgan fingerprint density at radius 2 is 1.34 bits per heavy atom.